The molecule has 1 atom stereocenters. The van der Waals surface area contributed by atoms with Crippen LogP contribution in [0.1, 0.15) is 90.4 Å². The smallest absolute Gasteiger partial charge is 0.00886 e. The Morgan fingerprint density at radius 2 is 1.26 bits per heavy atom. The van der Waals surface area contributed by atoms with Crippen molar-refractivity contribution in [2.75, 3.05) is 0 Å². The minimum atomic E-state index is 0.903. The predicted molar refractivity (Wildman–Crippen MR) is 87.7 cm³/mol. The Bertz CT molecular complexity index is 218. The van der Waals surface area contributed by atoms with Crippen molar-refractivity contribution in [1.82, 2.24) is 0 Å². The Balaban J connectivity index is 3.21. The molecular weight excluding hydrogens is 228 g/mol. The first-order chi connectivity index (χ1) is 9.31. The van der Waals surface area contributed by atoms with Gasteiger partial charge in [-0.1, -0.05) is 78.6 Å². The van der Waals surface area contributed by atoms with Crippen LogP contribution in [0.5, 0.6) is 0 Å². The quantitative estimate of drug-likeness (QED) is 0.283. The summed E-state index contributed by atoms with van der Waals surface area (Å²) in [5, 5.41) is 0. The van der Waals surface area contributed by atoms with Crippen LogP contribution < -0.4 is 0 Å². The highest BCUT2D eigenvalue weighted by Gasteiger charge is 2.01. The van der Waals surface area contributed by atoms with Gasteiger partial charge in [-0.3, -0.25) is 0 Å². The van der Waals surface area contributed by atoms with E-state index in [9.17, 15) is 0 Å². The van der Waals surface area contributed by atoms with Crippen molar-refractivity contribution in [3.05, 3.63) is 13.8 Å². The molecule has 2 radical (unpaired) electrons. The largest absolute Gasteiger partial charge is 0.103 e. The van der Waals surface area contributed by atoms with E-state index >= 15 is 0 Å². The van der Waals surface area contributed by atoms with Crippen molar-refractivity contribution >= 4 is 0 Å². The first-order valence-corrected chi connectivity index (χ1v) is 8.35. The van der Waals surface area contributed by atoms with Crippen LogP contribution in [0.25, 0.3) is 0 Å². The Hall–Kier alpha value is -0.440. The van der Waals surface area contributed by atoms with Gasteiger partial charge in [0.25, 0.3) is 0 Å². The van der Waals surface area contributed by atoms with Crippen LogP contribution in [0.15, 0.2) is 0 Å². The molecule has 0 saturated carbocycles. The lowest BCUT2D eigenvalue weighted by Crippen LogP contribution is -1.95. The average Bonchev–Trinajstić information content (AvgIpc) is 2.41. The molecule has 110 valence electrons. The van der Waals surface area contributed by atoms with Gasteiger partial charge in [-0.2, -0.15) is 0 Å². The maximum absolute atomic E-state index is 3.88. The van der Waals surface area contributed by atoms with Crippen LogP contribution in [0, 0.1) is 31.6 Å². The number of rotatable bonds is 12. The summed E-state index contributed by atoms with van der Waals surface area (Å²) < 4.78 is 0. The van der Waals surface area contributed by atoms with E-state index < -0.39 is 0 Å². The summed E-state index contributed by atoms with van der Waals surface area (Å²) in [7, 11) is 0. The van der Waals surface area contributed by atoms with E-state index in [1.807, 2.05) is 0 Å². The van der Waals surface area contributed by atoms with Crippen molar-refractivity contribution in [3.63, 3.8) is 0 Å². The third-order valence-electron chi connectivity index (χ3n) is 3.62. The highest BCUT2D eigenvalue weighted by Crippen LogP contribution is 2.17. The van der Waals surface area contributed by atoms with Gasteiger partial charge >= 0.3 is 0 Å². The van der Waals surface area contributed by atoms with E-state index in [4.69, 9.17) is 0 Å². The molecular formula is C19H34. The molecule has 0 aliphatic rings. The third-order valence-corrected chi connectivity index (χ3v) is 3.62. The standard InChI is InChI=1S/C19H34/c1-4-6-8-10-12-14-16-18-19(3)17-15-13-11-9-7-5-2/h19H,1-2,4-7,9,11-18H2,3H3. The van der Waals surface area contributed by atoms with E-state index in [-0.39, 0.29) is 0 Å². The Morgan fingerprint density at radius 3 is 1.95 bits per heavy atom. The average molecular weight is 262 g/mol. The van der Waals surface area contributed by atoms with Gasteiger partial charge in [0.05, 0.1) is 0 Å². The molecule has 0 rings (SSSR count). The van der Waals surface area contributed by atoms with Gasteiger partial charge in [0, 0.05) is 12.8 Å². The van der Waals surface area contributed by atoms with E-state index in [2.05, 4.69) is 32.6 Å². The molecule has 0 amide bonds. The number of hydrogen-bond donors (Lipinski definition) is 0. The van der Waals surface area contributed by atoms with Gasteiger partial charge < -0.3 is 0 Å². The van der Waals surface area contributed by atoms with E-state index in [1.54, 1.807) is 0 Å². The second kappa shape index (κ2) is 15.6. The first-order valence-electron chi connectivity index (χ1n) is 8.35. The zero-order valence-electron chi connectivity index (χ0n) is 13.2. The monoisotopic (exact) mass is 262 g/mol. The summed E-state index contributed by atoms with van der Waals surface area (Å²) in [6, 6.07) is 0. The van der Waals surface area contributed by atoms with Gasteiger partial charge in [0.2, 0.25) is 0 Å². The van der Waals surface area contributed by atoms with Gasteiger partial charge in [-0.25, -0.2) is 0 Å². The van der Waals surface area contributed by atoms with E-state index in [0.717, 1.165) is 31.6 Å². The molecule has 0 aromatic rings. The van der Waals surface area contributed by atoms with Crippen LogP contribution in [-0.4, -0.2) is 0 Å². The molecule has 1 unspecified atom stereocenters. The van der Waals surface area contributed by atoms with Crippen molar-refractivity contribution in [2.24, 2.45) is 5.92 Å². The molecule has 0 nitrogen and oxygen atoms in total. The first kappa shape index (κ1) is 18.6. The SMILES string of the molecule is [CH2]CCC#CCCCCC(C)CCCCCCC[CH2]. The van der Waals surface area contributed by atoms with Gasteiger partial charge in [-0.15, -0.1) is 11.8 Å². The summed E-state index contributed by atoms with van der Waals surface area (Å²) in [5.74, 6) is 7.31. The second-order valence-electron chi connectivity index (χ2n) is 5.72. The van der Waals surface area contributed by atoms with Crippen LogP contribution in [-0.2, 0) is 0 Å². The van der Waals surface area contributed by atoms with Gasteiger partial charge in [0.1, 0.15) is 0 Å². The number of hydrogen-bond acceptors (Lipinski definition) is 0. The lowest BCUT2D eigenvalue weighted by atomic mass is 9.96. The number of unbranched alkanes of at least 4 members (excludes halogenated alkanes) is 8. The molecule has 0 aliphatic carbocycles. The predicted octanol–water partition coefficient (Wildman–Crippen LogP) is 6.37. The molecule has 0 fully saturated rings. The van der Waals surface area contributed by atoms with Gasteiger partial charge in [-0.05, 0) is 18.8 Å². The molecule has 0 aliphatic heterocycles. The van der Waals surface area contributed by atoms with Gasteiger partial charge in [0.15, 0.2) is 0 Å². The lowest BCUT2D eigenvalue weighted by molar-refractivity contribution is 0.439. The van der Waals surface area contributed by atoms with Crippen LogP contribution in [0.4, 0.5) is 0 Å². The Labute approximate surface area is 122 Å². The van der Waals surface area contributed by atoms with Crippen LogP contribution in [0.3, 0.4) is 0 Å². The summed E-state index contributed by atoms with van der Waals surface area (Å²) in [4.78, 5) is 0. The molecule has 19 heavy (non-hydrogen) atoms. The third kappa shape index (κ3) is 15.5. The lowest BCUT2D eigenvalue weighted by Gasteiger charge is -2.10. The zero-order chi connectivity index (χ0) is 14.2. The molecule has 0 heterocycles. The molecule has 0 aromatic carbocycles. The Kier molecular flexibility index (Phi) is 15.3. The summed E-state index contributed by atoms with van der Waals surface area (Å²) in [6.45, 7) is 10.1. The van der Waals surface area contributed by atoms with Crippen molar-refractivity contribution in [2.45, 2.75) is 90.4 Å². The molecule has 0 N–H and O–H groups in total. The topological polar surface area (TPSA) is 0 Å². The van der Waals surface area contributed by atoms with E-state index in [1.165, 1.54) is 57.8 Å². The minimum absolute atomic E-state index is 0.903. The second-order valence-corrected chi connectivity index (χ2v) is 5.72. The molecule has 0 saturated heterocycles. The van der Waals surface area contributed by atoms with E-state index in [0.29, 0.717) is 0 Å². The molecule has 0 aromatic heterocycles. The maximum Gasteiger partial charge on any atom is 0.00886 e. The highest BCUT2D eigenvalue weighted by molar-refractivity contribution is 4.98. The fourth-order valence-corrected chi connectivity index (χ4v) is 2.32. The fourth-order valence-electron chi connectivity index (χ4n) is 2.32. The van der Waals surface area contributed by atoms with Crippen molar-refractivity contribution in [3.8, 4) is 11.8 Å². The zero-order valence-corrected chi connectivity index (χ0v) is 13.2. The Morgan fingerprint density at radius 1 is 0.684 bits per heavy atom. The maximum atomic E-state index is 3.88. The summed E-state index contributed by atoms with van der Waals surface area (Å²) in [6.07, 6.45) is 16.4. The van der Waals surface area contributed by atoms with Crippen LogP contribution >= 0.6 is 0 Å². The van der Waals surface area contributed by atoms with Crippen LogP contribution in [0.2, 0.25) is 0 Å². The fraction of sp³-hybridized carbons (Fsp3) is 0.789. The molecule has 0 spiro atoms. The van der Waals surface area contributed by atoms with Crippen molar-refractivity contribution in [1.29, 1.82) is 0 Å². The molecule has 0 heteroatoms. The molecule has 0 bridgehead atoms. The summed E-state index contributed by atoms with van der Waals surface area (Å²) in [5.41, 5.74) is 0. The normalized spacial score (nSPS) is 11.9. The van der Waals surface area contributed by atoms with Crippen molar-refractivity contribution < 1.29 is 0 Å². The highest BCUT2D eigenvalue weighted by atomic mass is 14.1. The minimum Gasteiger partial charge on any atom is -0.103 e. The summed E-state index contributed by atoms with van der Waals surface area (Å²) >= 11 is 0.